The van der Waals surface area contributed by atoms with E-state index in [9.17, 15) is 5.11 Å². The smallest absolute Gasteiger partial charge is 0.131 e. The van der Waals surface area contributed by atoms with Gasteiger partial charge in [0, 0.05) is 11.1 Å². The van der Waals surface area contributed by atoms with Crippen molar-refractivity contribution >= 4 is 6.08 Å². The number of phenols is 1. The molecule has 0 aromatic heterocycles. The van der Waals surface area contributed by atoms with Crippen molar-refractivity contribution in [3.05, 3.63) is 40.5 Å². The van der Waals surface area contributed by atoms with Crippen molar-refractivity contribution < 1.29 is 9.84 Å². The number of phenolic OH excluding ortho intramolecular Hbond substituents is 1. The number of hydrogen-bond acceptors (Lipinski definition) is 2. The Morgan fingerprint density at radius 2 is 1.90 bits per heavy atom. The van der Waals surface area contributed by atoms with Crippen LogP contribution in [0.3, 0.4) is 0 Å². The molecule has 2 rings (SSSR count). The monoisotopic (exact) mass is 286 g/mol. The van der Waals surface area contributed by atoms with Gasteiger partial charge < -0.3 is 9.84 Å². The highest BCUT2D eigenvalue weighted by Crippen LogP contribution is 2.43. The van der Waals surface area contributed by atoms with Crippen molar-refractivity contribution in [3.63, 3.8) is 0 Å². The van der Waals surface area contributed by atoms with Crippen molar-refractivity contribution in [1.29, 1.82) is 0 Å². The van der Waals surface area contributed by atoms with Crippen LogP contribution < -0.4 is 4.74 Å². The molecule has 1 N–H and O–H groups in total. The molecular formula is C19H26O2. The molecule has 2 heteroatoms. The normalized spacial score (nSPS) is 20.0. The van der Waals surface area contributed by atoms with E-state index in [1.807, 2.05) is 20.8 Å². The van der Waals surface area contributed by atoms with Crippen molar-refractivity contribution in [1.82, 2.24) is 0 Å². The van der Waals surface area contributed by atoms with Crippen LogP contribution >= 0.6 is 0 Å². The van der Waals surface area contributed by atoms with Gasteiger partial charge in [0.1, 0.15) is 17.1 Å². The van der Waals surface area contributed by atoms with Gasteiger partial charge in [0.25, 0.3) is 0 Å². The lowest BCUT2D eigenvalue weighted by molar-refractivity contribution is 0.123. The molecule has 0 aliphatic carbocycles. The van der Waals surface area contributed by atoms with E-state index in [2.05, 4.69) is 32.6 Å². The molecule has 114 valence electrons. The van der Waals surface area contributed by atoms with Gasteiger partial charge in [-0.25, -0.2) is 0 Å². The van der Waals surface area contributed by atoms with Gasteiger partial charge in [0.05, 0.1) is 0 Å². The largest absolute Gasteiger partial charge is 0.507 e. The average molecular weight is 286 g/mol. The fraction of sp³-hybridized carbons (Fsp3) is 0.474. The summed E-state index contributed by atoms with van der Waals surface area (Å²) in [6.45, 7) is 14.0. The van der Waals surface area contributed by atoms with Crippen LogP contribution in [-0.2, 0) is 0 Å². The molecule has 21 heavy (non-hydrogen) atoms. The molecule has 0 spiro atoms. The second-order valence-corrected chi connectivity index (χ2v) is 6.53. The third kappa shape index (κ3) is 2.99. The highest BCUT2D eigenvalue weighted by atomic mass is 16.5. The molecule has 0 radical (unpaired) electrons. The Morgan fingerprint density at radius 3 is 2.52 bits per heavy atom. The van der Waals surface area contributed by atoms with Gasteiger partial charge >= 0.3 is 0 Å². The Kier molecular flexibility index (Phi) is 4.18. The third-order valence-corrected chi connectivity index (χ3v) is 4.48. The van der Waals surface area contributed by atoms with E-state index in [1.165, 1.54) is 5.57 Å². The second kappa shape index (κ2) is 5.59. The Balaban J connectivity index is 2.31. The lowest BCUT2D eigenvalue weighted by atomic mass is 9.90. The van der Waals surface area contributed by atoms with Gasteiger partial charge in [0.15, 0.2) is 0 Å². The molecule has 1 aliphatic heterocycles. The predicted molar refractivity (Wildman–Crippen MR) is 89.0 cm³/mol. The number of benzene rings is 1. The van der Waals surface area contributed by atoms with Gasteiger partial charge in [-0.15, -0.1) is 6.58 Å². The zero-order valence-corrected chi connectivity index (χ0v) is 13.8. The summed E-state index contributed by atoms with van der Waals surface area (Å²) in [6, 6.07) is 0. The summed E-state index contributed by atoms with van der Waals surface area (Å²) in [6.07, 6.45) is 7.29. The Bertz CT molecular complexity index is 611. The molecule has 1 aromatic rings. The molecule has 0 saturated heterocycles. The highest BCUT2D eigenvalue weighted by Gasteiger charge is 2.30. The van der Waals surface area contributed by atoms with Crippen molar-refractivity contribution in [2.24, 2.45) is 0 Å². The standard InChI is InChI=1S/C19H26O2/c1-12(2)8-7-10-19(6)11-9-16-15(5)17(20)13(3)14(4)18(16)21-19/h9,11,20H,1,7-8,10H2,2-6H3. The Morgan fingerprint density at radius 1 is 1.24 bits per heavy atom. The van der Waals surface area contributed by atoms with E-state index in [4.69, 9.17) is 4.74 Å². The summed E-state index contributed by atoms with van der Waals surface area (Å²) in [7, 11) is 0. The maximum atomic E-state index is 10.2. The van der Waals surface area contributed by atoms with Crippen LogP contribution in [0.15, 0.2) is 18.2 Å². The molecule has 0 bridgehead atoms. The van der Waals surface area contributed by atoms with Crippen LogP contribution in [0.1, 0.15) is 55.4 Å². The van der Waals surface area contributed by atoms with E-state index < -0.39 is 0 Å². The topological polar surface area (TPSA) is 29.5 Å². The first kappa shape index (κ1) is 15.7. The van der Waals surface area contributed by atoms with Crippen LogP contribution in [-0.4, -0.2) is 10.7 Å². The lowest BCUT2D eigenvalue weighted by Gasteiger charge is -2.34. The zero-order chi connectivity index (χ0) is 15.8. The molecular weight excluding hydrogens is 260 g/mol. The fourth-order valence-corrected chi connectivity index (χ4v) is 2.86. The SMILES string of the molecule is C=C(C)CCCC1(C)C=Cc2c(C)c(O)c(C)c(C)c2O1. The quantitative estimate of drug-likeness (QED) is 0.768. The second-order valence-electron chi connectivity index (χ2n) is 6.53. The minimum Gasteiger partial charge on any atom is -0.507 e. The fourth-order valence-electron chi connectivity index (χ4n) is 2.86. The molecule has 0 fully saturated rings. The first-order valence-electron chi connectivity index (χ1n) is 7.60. The Hall–Kier alpha value is -1.70. The van der Waals surface area contributed by atoms with Crippen molar-refractivity contribution in [3.8, 4) is 11.5 Å². The van der Waals surface area contributed by atoms with Crippen molar-refractivity contribution in [2.45, 2.75) is 59.5 Å². The van der Waals surface area contributed by atoms with Crippen LogP contribution in [0, 0.1) is 20.8 Å². The summed E-state index contributed by atoms with van der Waals surface area (Å²) in [5.41, 5.74) is 4.78. The first-order valence-corrected chi connectivity index (χ1v) is 7.60. The van der Waals surface area contributed by atoms with Crippen LogP contribution in [0.2, 0.25) is 0 Å². The highest BCUT2D eigenvalue weighted by molar-refractivity contribution is 5.71. The molecule has 2 nitrogen and oxygen atoms in total. The summed E-state index contributed by atoms with van der Waals surface area (Å²) in [5, 5.41) is 10.2. The maximum Gasteiger partial charge on any atom is 0.131 e. The number of allylic oxidation sites excluding steroid dienone is 1. The molecule has 0 saturated carbocycles. The minimum atomic E-state index is -0.275. The molecule has 0 amide bonds. The molecule has 1 unspecified atom stereocenters. The number of hydrogen-bond donors (Lipinski definition) is 1. The van der Waals surface area contributed by atoms with Crippen LogP contribution in [0.5, 0.6) is 11.5 Å². The van der Waals surface area contributed by atoms with Crippen molar-refractivity contribution in [2.75, 3.05) is 0 Å². The molecule has 1 heterocycles. The molecule has 1 aromatic carbocycles. The van der Waals surface area contributed by atoms with Gasteiger partial charge in [-0.3, -0.25) is 0 Å². The van der Waals surface area contributed by atoms with E-state index in [0.29, 0.717) is 5.75 Å². The van der Waals surface area contributed by atoms with E-state index in [-0.39, 0.29) is 5.60 Å². The average Bonchev–Trinajstić information content (AvgIpc) is 2.42. The minimum absolute atomic E-state index is 0.275. The van der Waals surface area contributed by atoms with Gasteiger partial charge in [-0.1, -0.05) is 11.6 Å². The number of fused-ring (bicyclic) bond motifs is 1. The summed E-state index contributed by atoms with van der Waals surface area (Å²) < 4.78 is 6.32. The number of aromatic hydroxyl groups is 1. The summed E-state index contributed by atoms with van der Waals surface area (Å²) in [4.78, 5) is 0. The van der Waals surface area contributed by atoms with E-state index in [0.717, 1.165) is 47.3 Å². The van der Waals surface area contributed by atoms with Gasteiger partial charge in [0.2, 0.25) is 0 Å². The Labute approximate surface area is 128 Å². The first-order chi connectivity index (χ1) is 9.75. The van der Waals surface area contributed by atoms with E-state index in [1.54, 1.807) is 0 Å². The summed E-state index contributed by atoms with van der Waals surface area (Å²) >= 11 is 0. The predicted octanol–water partition coefficient (Wildman–Crippen LogP) is 5.23. The summed E-state index contributed by atoms with van der Waals surface area (Å²) in [5.74, 6) is 1.30. The van der Waals surface area contributed by atoms with Crippen LogP contribution in [0.25, 0.3) is 6.08 Å². The molecule has 1 aliphatic rings. The third-order valence-electron chi connectivity index (χ3n) is 4.48. The van der Waals surface area contributed by atoms with Gasteiger partial charge in [-0.2, -0.15) is 0 Å². The number of ether oxygens (including phenoxy) is 1. The maximum absolute atomic E-state index is 10.2. The van der Waals surface area contributed by atoms with E-state index >= 15 is 0 Å². The lowest BCUT2D eigenvalue weighted by Crippen LogP contribution is -2.32. The number of rotatable bonds is 4. The molecule has 1 atom stereocenters. The zero-order valence-electron chi connectivity index (χ0n) is 13.8. The van der Waals surface area contributed by atoms with Crippen LogP contribution in [0.4, 0.5) is 0 Å². The van der Waals surface area contributed by atoms with Gasteiger partial charge in [-0.05, 0) is 71.1 Å².